The highest BCUT2D eigenvalue weighted by Crippen LogP contribution is 2.40. The molecule has 0 aromatic carbocycles. The van der Waals surface area contributed by atoms with Crippen molar-refractivity contribution in [3.05, 3.63) is 16.6 Å². The fourth-order valence-corrected chi connectivity index (χ4v) is 4.32. The van der Waals surface area contributed by atoms with Crippen LogP contribution < -0.4 is 5.32 Å². The monoisotopic (exact) mass is 309 g/mol. The molecule has 0 unspecified atom stereocenters. The molecule has 2 aliphatic rings. The van der Waals surface area contributed by atoms with Crippen molar-refractivity contribution in [3.8, 4) is 0 Å². The van der Waals surface area contributed by atoms with Gasteiger partial charge in [-0.3, -0.25) is 4.79 Å². The molecule has 21 heavy (non-hydrogen) atoms. The zero-order chi connectivity index (χ0) is 14.7. The molecule has 1 N–H and O–H groups in total. The molecule has 116 valence electrons. The number of nitrogens with one attached hydrogen (secondary N) is 1. The van der Waals surface area contributed by atoms with E-state index in [-0.39, 0.29) is 17.4 Å². The van der Waals surface area contributed by atoms with Crippen LogP contribution in [-0.4, -0.2) is 36.2 Å². The minimum absolute atomic E-state index is 0.105. The van der Waals surface area contributed by atoms with E-state index in [1.54, 1.807) is 18.4 Å². The van der Waals surface area contributed by atoms with E-state index in [1.165, 1.54) is 12.8 Å². The molecule has 0 atom stereocenters. The van der Waals surface area contributed by atoms with Crippen LogP contribution in [0.15, 0.2) is 11.6 Å². The molecule has 1 saturated carbocycles. The Morgan fingerprint density at radius 2 is 2.14 bits per heavy atom. The molecule has 5 nitrogen and oxygen atoms in total. The van der Waals surface area contributed by atoms with Crippen LogP contribution in [0.2, 0.25) is 0 Å². The van der Waals surface area contributed by atoms with Crippen molar-refractivity contribution in [2.24, 2.45) is 5.92 Å². The van der Waals surface area contributed by atoms with E-state index in [0.29, 0.717) is 0 Å². The molecular weight excluding hydrogens is 286 g/mol. The van der Waals surface area contributed by atoms with E-state index < -0.39 is 0 Å². The first-order valence-electron chi connectivity index (χ1n) is 7.74. The minimum atomic E-state index is -0.205. The molecule has 3 rings (SSSR count). The highest BCUT2D eigenvalue weighted by Gasteiger charge is 2.40. The van der Waals surface area contributed by atoms with Crippen molar-refractivity contribution >= 4 is 17.2 Å². The molecule has 1 aromatic heterocycles. The van der Waals surface area contributed by atoms with Gasteiger partial charge in [-0.15, -0.1) is 11.3 Å². The fourth-order valence-electron chi connectivity index (χ4n) is 3.47. The molecule has 1 amide bonds. The summed E-state index contributed by atoms with van der Waals surface area (Å²) in [6.45, 7) is 1.66. The highest BCUT2D eigenvalue weighted by atomic mass is 32.1. The van der Waals surface area contributed by atoms with Gasteiger partial charge in [0.25, 0.3) is 0 Å². The Morgan fingerprint density at radius 3 is 2.71 bits per heavy atom. The van der Waals surface area contributed by atoms with Crippen molar-refractivity contribution in [1.29, 1.82) is 0 Å². The third-order valence-corrected chi connectivity index (χ3v) is 5.72. The van der Waals surface area contributed by atoms with Gasteiger partial charge in [-0.25, -0.2) is 4.98 Å². The fraction of sp³-hybridized carbons (Fsp3) is 0.733. The van der Waals surface area contributed by atoms with Gasteiger partial charge in [-0.1, -0.05) is 12.8 Å². The van der Waals surface area contributed by atoms with Gasteiger partial charge in [-0.05, 0) is 25.7 Å². The third-order valence-electron chi connectivity index (χ3n) is 4.74. The van der Waals surface area contributed by atoms with E-state index in [9.17, 15) is 4.79 Å². The summed E-state index contributed by atoms with van der Waals surface area (Å²) in [5.74, 6) is 0.302. The van der Waals surface area contributed by atoms with Gasteiger partial charge in [0.15, 0.2) is 0 Å². The molecule has 6 heteroatoms. The maximum Gasteiger partial charge on any atom is 0.223 e. The van der Waals surface area contributed by atoms with Crippen LogP contribution in [0.25, 0.3) is 0 Å². The zero-order valence-electron chi connectivity index (χ0n) is 12.5. The number of aromatic nitrogens is 1. The average molecular weight is 309 g/mol. The minimum Gasteiger partial charge on any atom is -0.344 e. The van der Waals surface area contributed by atoms with Crippen LogP contribution in [0.1, 0.15) is 43.5 Å². The molecule has 2 fully saturated rings. The number of carbonyl (C=O) groups excluding carboxylic acids is 1. The first-order valence-corrected chi connectivity index (χ1v) is 8.62. The van der Waals surface area contributed by atoms with Gasteiger partial charge in [0.1, 0.15) is 5.01 Å². The summed E-state index contributed by atoms with van der Waals surface area (Å²) in [5, 5.41) is 8.34. The van der Waals surface area contributed by atoms with Crippen LogP contribution in [0.3, 0.4) is 0 Å². The standard InChI is InChI=1S/C15H23N3O2S/c1-20-18-9-4-12(5-10-18)13(19)17-15(6-2-3-7-15)14-16-8-11-21-14/h8,11-12H,2-7,9-10H2,1H3,(H,17,19). The lowest BCUT2D eigenvalue weighted by molar-refractivity contribution is -0.155. The molecule has 1 saturated heterocycles. The summed E-state index contributed by atoms with van der Waals surface area (Å²) in [6.07, 6.45) is 7.95. The van der Waals surface area contributed by atoms with Crippen molar-refractivity contribution in [2.75, 3.05) is 20.2 Å². The molecule has 0 spiro atoms. The lowest BCUT2D eigenvalue weighted by Gasteiger charge is -2.33. The van der Waals surface area contributed by atoms with Gasteiger partial charge in [0, 0.05) is 30.6 Å². The summed E-state index contributed by atoms with van der Waals surface area (Å²) in [7, 11) is 1.69. The van der Waals surface area contributed by atoms with Gasteiger partial charge in [-0.2, -0.15) is 5.06 Å². The van der Waals surface area contributed by atoms with Crippen molar-refractivity contribution < 1.29 is 9.63 Å². The van der Waals surface area contributed by atoms with Gasteiger partial charge < -0.3 is 10.2 Å². The number of carbonyl (C=O) groups is 1. The summed E-state index contributed by atoms with van der Waals surface area (Å²) < 4.78 is 0. The van der Waals surface area contributed by atoms with Crippen molar-refractivity contribution in [3.63, 3.8) is 0 Å². The molecule has 1 aliphatic carbocycles. The lowest BCUT2D eigenvalue weighted by atomic mass is 9.93. The van der Waals surface area contributed by atoms with Gasteiger partial charge >= 0.3 is 0 Å². The summed E-state index contributed by atoms with van der Waals surface area (Å²) in [6, 6.07) is 0. The van der Waals surface area contributed by atoms with Crippen LogP contribution in [0.5, 0.6) is 0 Å². The summed E-state index contributed by atoms with van der Waals surface area (Å²) in [4.78, 5) is 22.4. The number of nitrogens with zero attached hydrogens (tertiary/aromatic N) is 2. The van der Waals surface area contributed by atoms with E-state index in [0.717, 1.165) is 43.8 Å². The smallest absolute Gasteiger partial charge is 0.223 e. The topological polar surface area (TPSA) is 54.5 Å². The number of amides is 1. The molecule has 1 aliphatic heterocycles. The highest BCUT2D eigenvalue weighted by molar-refractivity contribution is 7.09. The second-order valence-electron chi connectivity index (χ2n) is 6.00. The number of thiazole rings is 1. The van der Waals surface area contributed by atoms with Crippen LogP contribution in [-0.2, 0) is 15.2 Å². The van der Waals surface area contributed by atoms with E-state index in [4.69, 9.17) is 4.84 Å². The Bertz CT molecular complexity index is 463. The second kappa shape index (κ2) is 6.42. The normalized spacial score (nSPS) is 23.3. The number of piperidine rings is 1. The number of hydrogen-bond acceptors (Lipinski definition) is 5. The predicted octanol–water partition coefficient (Wildman–Crippen LogP) is 2.30. The summed E-state index contributed by atoms with van der Waals surface area (Å²) in [5.41, 5.74) is -0.205. The predicted molar refractivity (Wildman–Crippen MR) is 81.7 cm³/mol. The second-order valence-corrected chi connectivity index (χ2v) is 6.90. The first kappa shape index (κ1) is 14.9. The third kappa shape index (κ3) is 3.12. The Morgan fingerprint density at radius 1 is 1.43 bits per heavy atom. The molecule has 0 radical (unpaired) electrons. The number of hydrogen-bond donors (Lipinski definition) is 1. The Balaban J connectivity index is 1.65. The van der Waals surface area contributed by atoms with E-state index in [1.807, 2.05) is 16.6 Å². The van der Waals surface area contributed by atoms with E-state index in [2.05, 4.69) is 10.3 Å². The lowest BCUT2D eigenvalue weighted by Crippen LogP contribution is -2.48. The molecule has 0 bridgehead atoms. The Labute approximate surface area is 129 Å². The van der Waals surface area contributed by atoms with E-state index >= 15 is 0 Å². The first-order chi connectivity index (χ1) is 10.2. The SMILES string of the molecule is CON1CCC(C(=O)NC2(c3nccs3)CCCC2)CC1. The van der Waals surface area contributed by atoms with Crippen LogP contribution in [0.4, 0.5) is 0 Å². The molecule has 1 aromatic rings. The molecule has 2 heterocycles. The van der Waals surface area contributed by atoms with Crippen LogP contribution >= 0.6 is 11.3 Å². The zero-order valence-corrected chi connectivity index (χ0v) is 13.3. The van der Waals surface area contributed by atoms with Gasteiger partial charge in [0.2, 0.25) is 5.91 Å². The van der Waals surface area contributed by atoms with Crippen molar-refractivity contribution in [1.82, 2.24) is 15.4 Å². The number of rotatable bonds is 4. The molecular formula is C15H23N3O2S. The Hall–Kier alpha value is -0.980. The maximum absolute atomic E-state index is 12.7. The largest absolute Gasteiger partial charge is 0.344 e. The Kier molecular flexibility index (Phi) is 4.57. The maximum atomic E-state index is 12.7. The van der Waals surface area contributed by atoms with Crippen molar-refractivity contribution in [2.45, 2.75) is 44.1 Å². The quantitative estimate of drug-likeness (QED) is 0.927. The summed E-state index contributed by atoms with van der Waals surface area (Å²) >= 11 is 1.66. The average Bonchev–Trinajstić information content (AvgIpc) is 3.19. The van der Waals surface area contributed by atoms with Gasteiger partial charge in [0.05, 0.1) is 12.6 Å². The van der Waals surface area contributed by atoms with Crippen LogP contribution in [0, 0.1) is 5.92 Å². The number of hydroxylamine groups is 2.